The molecule has 0 aliphatic carbocycles. The van der Waals surface area contributed by atoms with Gasteiger partial charge in [-0.05, 0) is 61.9 Å². The Morgan fingerprint density at radius 1 is 0.900 bits per heavy atom. The minimum atomic E-state index is -1.01. The summed E-state index contributed by atoms with van der Waals surface area (Å²) in [6.07, 6.45) is 4.23. The number of para-hydroxylation sites is 1. The molecule has 3 aromatic carbocycles. The highest BCUT2D eigenvalue weighted by atomic mass is 16.2. The predicted molar refractivity (Wildman–Crippen MR) is 166 cm³/mol. The normalized spacial score (nSPS) is 10.9. The van der Waals surface area contributed by atoms with Gasteiger partial charge in [-0.2, -0.15) is 0 Å². The van der Waals surface area contributed by atoms with E-state index in [-0.39, 0.29) is 18.3 Å². The lowest BCUT2D eigenvalue weighted by atomic mass is 10.1. The third kappa shape index (κ3) is 8.92. The first kappa shape index (κ1) is 30.3. The van der Waals surface area contributed by atoms with Crippen LogP contribution in [0.4, 0.5) is 0 Å². The zero-order valence-corrected chi connectivity index (χ0v) is 24.1. The molecule has 6 N–H and O–H groups in total. The number of nitrogens with zero attached hydrogens (tertiary/aromatic N) is 1. The van der Waals surface area contributed by atoms with Gasteiger partial charge in [0.1, 0.15) is 11.7 Å². The number of aromatic nitrogens is 1. The van der Waals surface area contributed by atoms with E-state index in [0.29, 0.717) is 18.8 Å². The lowest BCUT2D eigenvalue weighted by Crippen LogP contribution is -2.52. The maximum Gasteiger partial charge on any atom is 0.239 e. The first-order valence-electron chi connectivity index (χ1n) is 13.7. The van der Waals surface area contributed by atoms with E-state index in [9.17, 15) is 4.79 Å². The lowest BCUT2D eigenvalue weighted by molar-refractivity contribution is -0.124. The van der Waals surface area contributed by atoms with Crippen molar-refractivity contribution in [1.82, 2.24) is 15.2 Å². The Hall–Kier alpha value is -4.23. The van der Waals surface area contributed by atoms with Crippen LogP contribution in [0.3, 0.4) is 0 Å². The Balaban J connectivity index is 0.000000364. The Labute approximate surface area is 237 Å². The van der Waals surface area contributed by atoms with Crippen molar-refractivity contribution in [3.63, 3.8) is 0 Å². The van der Waals surface area contributed by atoms with Gasteiger partial charge in [0.2, 0.25) is 5.91 Å². The lowest BCUT2D eigenvalue weighted by Gasteiger charge is -2.27. The van der Waals surface area contributed by atoms with Crippen LogP contribution >= 0.6 is 0 Å². The van der Waals surface area contributed by atoms with Crippen LogP contribution in [0.1, 0.15) is 49.4 Å². The molecule has 4 aromatic rings. The summed E-state index contributed by atoms with van der Waals surface area (Å²) in [6.45, 7) is 7.91. The number of H-pyrrole nitrogens is 1. The van der Waals surface area contributed by atoms with Crippen LogP contribution in [-0.4, -0.2) is 39.5 Å². The number of benzene rings is 3. The number of carbonyl (C=O) groups is 1. The molecule has 0 saturated heterocycles. The topological polar surface area (TPSA) is 122 Å². The van der Waals surface area contributed by atoms with Crippen molar-refractivity contribution < 1.29 is 4.79 Å². The van der Waals surface area contributed by atoms with Gasteiger partial charge < -0.3 is 20.9 Å². The van der Waals surface area contributed by atoms with Gasteiger partial charge in [0.05, 0.1) is 18.6 Å². The van der Waals surface area contributed by atoms with Crippen molar-refractivity contribution in [3.8, 4) is 0 Å². The Bertz CT molecular complexity index is 1400. The van der Waals surface area contributed by atoms with E-state index >= 15 is 0 Å². The van der Waals surface area contributed by atoms with E-state index in [0.717, 1.165) is 24.0 Å². The van der Waals surface area contributed by atoms with Crippen LogP contribution in [-0.2, 0) is 24.2 Å². The molecule has 0 spiro atoms. The molecule has 40 heavy (non-hydrogen) atoms. The largest absolute Gasteiger partial charge is 0.361 e. The quantitative estimate of drug-likeness (QED) is 0.133. The molecular weight excluding hydrogens is 496 g/mol. The molecule has 1 aromatic heterocycles. The van der Waals surface area contributed by atoms with Gasteiger partial charge >= 0.3 is 0 Å². The minimum Gasteiger partial charge on any atom is -0.361 e. The monoisotopic (exact) mass is 538 g/mol. The van der Waals surface area contributed by atoms with Crippen LogP contribution in [0.25, 0.3) is 10.9 Å². The molecule has 210 valence electrons. The zero-order valence-electron chi connectivity index (χ0n) is 24.1. The average Bonchev–Trinajstić information content (AvgIpc) is 3.34. The third-order valence-corrected chi connectivity index (χ3v) is 6.71. The molecule has 1 amide bonds. The summed E-state index contributed by atoms with van der Waals surface area (Å²) >= 11 is 0. The van der Waals surface area contributed by atoms with E-state index < -0.39 is 5.54 Å². The molecule has 0 fully saturated rings. The summed E-state index contributed by atoms with van der Waals surface area (Å²) in [5.74, 6) is 0.199. The van der Waals surface area contributed by atoms with Crippen molar-refractivity contribution in [2.75, 3.05) is 6.54 Å². The predicted octanol–water partition coefficient (Wildman–Crippen LogP) is 5.97. The van der Waals surface area contributed by atoms with Gasteiger partial charge in [-0.3, -0.25) is 15.6 Å². The molecular formula is C33H42N6O. The molecule has 7 heteroatoms. The number of carbonyl (C=O) groups excluding carboxylic acids is 1. The molecule has 0 aliphatic rings. The molecule has 1 heterocycles. The fourth-order valence-electron chi connectivity index (χ4n) is 4.16. The van der Waals surface area contributed by atoms with Crippen LogP contribution in [0.5, 0.6) is 0 Å². The summed E-state index contributed by atoms with van der Waals surface area (Å²) in [7, 11) is 0. The number of amidine groups is 2. The van der Waals surface area contributed by atoms with Crippen LogP contribution < -0.4 is 11.1 Å². The van der Waals surface area contributed by atoms with E-state index in [1.54, 1.807) is 18.7 Å². The average molecular weight is 539 g/mol. The van der Waals surface area contributed by atoms with Crippen molar-refractivity contribution in [2.45, 2.75) is 59.0 Å². The molecule has 0 aliphatic heterocycles. The van der Waals surface area contributed by atoms with Gasteiger partial charge in [0, 0.05) is 23.5 Å². The number of aryl methyl sites for hydroxylation is 3. The van der Waals surface area contributed by atoms with Crippen LogP contribution in [0.2, 0.25) is 0 Å². The first-order valence-corrected chi connectivity index (χ1v) is 13.7. The molecule has 0 bridgehead atoms. The second-order valence-electron chi connectivity index (χ2n) is 10.6. The van der Waals surface area contributed by atoms with Crippen molar-refractivity contribution in [1.29, 1.82) is 10.8 Å². The highest BCUT2D eigenvalue weighted by Gasteiger charge is 2.23. The molecule has 0 saturated carbocycles. The maximum atomic E-state index is 12.1. The van der Waals surface area contributed by atoms with Gasteiger partial charge in [-0.25, -0.2) is 0 Å². The van der Waals surface area contributed by atoms with E-state index in [1.165, 1.54) is 22.0 Å². The van der Waals surface area contributed by atoms with Crippen molar-refractivity contribution in [2.24, 2.45) is 5.73 Å². The Morgan fingerprint density at radius 3 is 2.15 bits per heavy atom. The minimum absolute atomic E-state index is 0.0280. The van der Waals surface area contributed by atoms with Gasteiger partial charge in [0.15, 0.2) is 0 Å². The highest BCUT2D eigenvalue weighted by Crippen LogP contribution is 2.15. The van der Waals surface area contributed by atoms with Crippen molar-refractivity contribution in [3.05, 3.63) is 107 Å². The summed E-state index contributed by atoms with van der Waals surface area (Å²) in [4.78, 5) is 16.9. The van der Waals surface area contributed by atoms with E-state index in [2.05, 4.69) is 54.5 Å². The summed E-state index contributed by atoms with van der Waals surface area (Å²) in [5, 5.41) is 21.2. The summed E-state index contributed by atoms with van der Waals surface area (Å²) < 4.78 is 0. The van der Waals surface area contributed by atoms with Gasteiger partial charge in [0.25, 0.3) is 0 Å². The summed E-state index contributed by atoms with van der Waals surface area (Å²) in [5.41, 5.74) is 10.8. The number of nitrogens with one attached hydrogen (secondary N) is 4. The Kier molecular flexibility index (Phi) is 10.8. The Morgan fingerprint density at radius 2 is 1.52 bits per heavy atom. The molecule has 0 atom stereocenters. The molecule has 0 radical (unpaired) electrons. The second-order valence-corrected chi connectivity index (χ2v) is 10.6. The van der Waals surface area contributed by atoms with E-state index in [4.69, 9.17) is 16.6 Å². The number of hydrogen-bond acceptors (Lipinski definition) is 4. The molecule has 7 nitrogen and oxygen atoms in total. The number of rotatable bonds is 9. The fraction of sp³-hybridized carbons (Fsp3) is 0.303. The fourth-order valence-corrected chi connectivity index (χ4v) is 4.16. The van der Waals surface area contributed by atoms with E-state index in [1.807, 2.05) is 54.7 Å². The standard InChI is InChI=1S/C24H33N5O.C9H9N/c1-4-18-10-12-20(13-11-18)17-29(22(26)16-28-23(30)24(2,3)27)21(25)15-14-19-8-6-5-7-9-19;1-7-6-10-9-5-3-2-4-8(7)9/h5-13,25-26H,4,14-17,27H2,1-3H3,(H,28,30);2-6,10H,1H3. The number of hydrogen-bond donors (Lipinski definition) is 5. The first-order chi connectivity index (χ1) is 19.1. The van der Waals surface area contributed by atoms with Crippen LogP contribution in [0, 0.1) is 17.7 Å². The number of nitrogens with two attached hydrogens (primary N) is 1. The van der Waals surface area contributed by atoms with Gasteiger partial charge in [-0.1, -0.05) is 79.7 Å². The van der Waals surface area contributed by atoms with Crippen molar-refractivity contribution >= 4 is 28.5 Å². The number of aromatic amines is 1. The molecule has 0 unspecified atom stereocenters. The smallest absolute Gasteiger partial charge is 0.239 e. The van der Waals surface area contributed by atoms with Crippen LogP contribution in [0.15, 0.2) is 85.1 Å². The van der Waals surface area contributed by atoms with Gasteiger partial charge in [-0.15, -0.1) is 0 Å². The second kappa shape index (κ2) is 14.2. The summed E-state index contributed by atoms with van der Waals surface area (Å²) in [6, 6.07) is 26.5. The number of fused-ring (bicyclic) bond motifs is 1. The maximum absolute atomic E-state index is 12.1. The molecule has 4 rings (SSSR count). The SMILES string of the molecule is CCc1ccc(CN(C(=N)CCc2ccccc2)C(=N)CNC(=O)C(C)(C)N)cc1.Cc1c[nH]c2ccccc12. The zero-order chi connectivity index (χ0) is 29.1. The highest BCUT2D eigenvalue weighted by molar-refractivity contribution is 6.00. The number of amides is 1. The third-order valence-electron chi connectivity index (χ3n) is 6.71.